The van der Waals surface area contributed by atoms with E-state index in [9.17, 15) is 19.2 Å². The minimum Gasteiger partial charge on any atom is -0.380 e. The van der Waals surface area contributed by atoms with Crippen LogP contribution in [0.1, 0.15) is 215 Å². The lowest BCUT2D eigenvalue weighted by atomic mass is 9.77. The number of amides is 4. The minimum atomic E-state index is -0.348. The Morgan fingerprint density at radius 2 is 0.682 bits per heavy atom. The zero-order chi connectivity index (χ0) is 82.2. The van der Waals surface area contributed by atoms with Gasteiger partial charge in [-0.05, 0) is 77.4 Å². The largest absolute Gasteiger partial charge is 0.380 e. The summed E-state index contributed by atoms with van der Waals surface area (Å²) >= 11 is 0. The molecule has 5 N–H and O–H groups in total. The number of hydrogen-bond acceptors (Lipinski definition) is 21. The zero-order valence-electron chi connectivity index (χ0n) is 73.2. The monoisotopic (exact) mass is 1570 g/mol. The fourth-order valence-electron chi connectivity index (χ4n) is 11.3. The Bertz CT molecular complexity index is 2740. The van der Waals surface area contributed by atoms with Gasteiger partial charge in [0, 0.05) is 119 Å². The summed E-state index contributed by atoms with van der Waals surface area (Å²) in [5, 5.41) is 33.1. The molecule has 0 saturated heterocycles. The fraction of sp³-hybridized carbons (Fsp3) is 0.904. The van der Waals surface area contributed by atoms with Gasteiger partial charge in [-0.15, -0.1) is 10.2 Å². The Kier molecular flexibility index (Phi) is 49.7. The van der Waals surface area contributed by atoms with Gasteiger partial charge in [-0.3, -0.25) is 28.5 Å². The van der Waals surface area contributed by atoms with Crippen molar-refractivity contribution in [1.29, 1.82) is 0 Å². The topological polar surface area (TPSA) is 301 Å². The number of nitrogens with zero attached hydrogens (tertiary/aromatic N) is 6. The Balaban J connectivity index is 1.31. The van der Waals surface area contributed by atoms with Gasteiger partial charge in [-0.1, -0.05) is 163 Å². The van der Waals surface area contributed by atoms with Crippen molar-refractivity contribution >= 4 is 23.6 Å². The zero-order valence-corrected chi connectivity index (χ0v) is 73.2. The molecule has 110 heavy (non-hydrogen) atoms. The first-order chi connectivity index (χ1) is 51.4. The first kappa shape index (κ1) is 102. The second-order valence-corrected chi connectivity index (χ2v) is 38.3. The molecule has 0 aliphatic rings. The Hall–Kier alpha value is -4.36. The number of hydrogen-bond donors (Lipinski definition) is 5. The van der Waals surface area contributed by atoms with Gasteiger partial charge in [0.25, 0.3) is 0 Å². The molecule has 642 valence electrons. The Morgan fingerprint density at radius 1 is 0.345 bits per heavy atom. The molecule has 0 saturated carbocycles. The molecule has 2 heterocycles. The molecular weight excluding hydrogens is 1410 g/mol. The van der Waals surface area contributed by atoms with E-state index in [1.165, 1.54) is 12.8 Å². The van der Waals surface area contributed by atoms with E-state index in [4.69, 9.17) is 56.8 Å². The fourth-order valence-corrected chi connectivity index (χ4v) is 11.3. The maximum atomic E-state index is 13.1. The molecule has 0 fully saturated rings. The van der Waals surface area contributed by atoms with Crippen molar-refractivity contribution in [3.8, 4) is 0 Å². The van der Waals surface area contributed by atoms with E-state index in [1.54, 1.807) is 0 Å². The second-order valence-electron chi connectivity index (χ2n) is 38.3. The molecule has 2 aromatic rings. The van der Waals surface area contributed by atoms with Crippen LogP contribution in [0.4, 0.5) is 0 Å². The Labute approximate surface area is 665 Å². The molecule has 0 spiro atoms. The van der Waals surface area contributed by atoms with Gasteiger partial charge in [0.2, 0.25) is 23.6 Å². The van der Waals surface area contributed by atoms with E-state index in [0.717, 1.165) is 37.1 Å². The lowest BCUT2D eigenvalue weighted by molar-refractivity contribution is -0.125. The molecule has 27 nitrogen and oxygen atoms in total. The van der Waals surface area contributed by atoms with Crippen LogP contribution < -0.4 is 26.6 Å². The van der Waals surface area contributed by atoms with Crippen LogP contribution in [0, 0.1) is 60.6 Å². The van der Waals surface area contributed by atoms with Crippen LogP contribution in [0.15, 0.2) is 12.4 Å². The van der Waals surface area contributed by atoms with Crippen molar-refractivity contribution in [3.63, 3.8) is 0 Å². The predicted molar refractivity (Wildman–Crippen MR) is 433 cm³/mol. The molecule has 0 aliphatic heterocycles. The maximum absolute atomic E-state index is 13.1. The van der Waals surface area contributed by atoms with E-state index < -0.39 is 0 Å². The highest BCUT2D eigenvalue weighted by Gasteiger charge is 2.31. The molecule has 4 amide bonds. The molecule has 2 rings (SSSR count). The van der Waals surface area contributed by atoms with Crippen LogP contribution in [-0.2, 0) is 102 Å². The molecule has 27 heteroatoms. The molecule has 0 radical (unpaired) electrons. The van der Waals surface area contributed by atoms with Gasteiger partial charge < -0.3 is 83.4 Å². The molecule has 2 unspecified atom stereocenters. The van der Waals surface area contributed by atoms with E-state index in [-0.39, 0.29) is 86.2 Å². The number of rotatable bonds is 69. The number of carbonyl (C=O) groups is 4. The Morgan fingerprint density at radius 3 is 1.10 bits per heavy atom. The van der Waals surface area contributed by atoms with Crippen molar-refractivity contribution < 1.29 is 76.0 Å². The third kappa shape index (κ3) is 57.6. The highest BCUT2D eigenvalue weighted by Crippen LogP contribution is 2.35. The first-order valence-electron chi connectivity index (χ1n) is 40.9. The average molecular weight is 1570 g/mol. The molecule has 0 bridgehead atoms. The molecule has 0 aromatic carbocycles. The summed E-state index contributed by atoms with van der Waals surface area (Å²) in [6, 6.07) is 0. The standard InChI is InChI=1S/C83H159N11O16/c1-67(54-86-72(96)25-35-108-65-82(19,20)60-93-55-69(89-91-93)51-77(9,10)28-26-75(3,4)5)68(2)57-107-38-32-85-71(95)23-33-99-39-43-103-47-49-105-45-41-101-36-30-84-31-37-102-42-46-106-50-48-104-44-40-100-34-24-73(97)87-58-80(15,16)63-110-64-81(17,18)59-88-74(98)53-79(13,14)62-109-66-83(21,22)61-94-56-70(90-92-94)52-78(11,12)29-27-76(6,7)8/h55-56,67-68,84H,23-54,57-66H2,1-22H3,(H,85,95)(H,86,96)(H,87,97)(H,88,98). The van der Waals surface area contributed by atoms with Crippen LogP contribution in [0.5, 0.6) is 0 Å². The van der Waals surface area contributed by atoms with Gasteiger partial charge >= 0.3 is 0 Å². The van der Waals surface area contributed by atoms with Gasteiger partial charge in [0.15, 0.2) is 0 Å². The third-order valence-electron chi connectivity index (χ3n) is 18.4. The molecular formula is C83H159N11O16. The van der Waals surface area contributed by atoms with Gasteiger partial charge in [0.05, 0.1) is 163 Å². The third-order valence-corrected chi connectivity index (χ3v) is 18.4. The summed E-state index contributed by atoms with van der Waals surface area (Å²) in [7, 11) is 0. The van der Waals surface area contributed by atoms with Crippen molar-refractivity contribution in [1.82, 2.24) is 56.6 Å². The quantitative estimate of drug-likeness (QED) is 0.0384. The maximum Gasteiger partial charge on any atom is 0.222 e. The summed E-state index contributed by atoms with van der Waals surface area (Å²) in [4.78, 5) is 50.6. The smallest absolute Gasteiger partial charge is 0.222 e. The summed E-state index contributed by atoms with van der Waals surface area (Å²) < 4.78 is 72.8. The highest BCUT2D eigenvalue weighted by molar-refractivity contribution is 5.77. The molecule has 2 aromatic heterocycles. The van der Waals surface area contributed by atoms with Crippen molar-refractivity contribution in [2.45, 2.75) is 230 Å². The van der Waals surface area contributed by atoms with E-state index >= 15 is 0 Å². The van der Waals surface area contributed by atoms with Crippen LogP contribution in [0.3, 0.4) is 0 Å². The van der Waals surface area contributed by atoms with Crippen molar-refractivity contribution in [3.05, 3.63) is 23.8 Å². The van der Waals surface area contributed by atoms with Gasteiger partial charge in [-0.25, -0.2) is 0 Å². The summed E-state index contributed by atoms with van der Waals surface area (Å²) in [5.41, 5.74) is 1.69. The normalized spacial score (nSPS) is 13.6. The first-order valence-corrected chi connectivity index (χ1v) is 40.9. The van der Waals surface area contributed by atoms with Crippen molar-refractivity contribution in [2.24, 2.45) is 60.6 Å². The number of aromatic nitrogens is 6. The number of carbonyl (C=O) groups excluding carboxylic acids is 4. The summed E-state index contributed by atoms with van der Waals surface area (Å²) in [5.74, 6) is 0.191. The lowest BCUT2D eigenvalue weighted by Crippen LogP contribution is -2.41. The average Bonchev–Trinajstić information content (AvgIpc) is 1.70. The van der Waals surface area contributed by atoms with E-state index in [0.29, 0.717) is 235 Å². The second kappa shape index (κ2) is 53.7. The van der Waals surface area contributed by atoms with Crippen molar-refractivity contribution in [2.75, 3.05) is 198 Å². The van der Waals surface area contributed by atoms with Crippen LogP contribution in [0.25, 0.3) is 0 Å². The molecule has 2 atom stereocenters. The highest BCUT2D eigenvalue weighted by atomic mass is 16.6. The summed E-state index contributed by atoms with van der Waals surface area (Å²) in [6.07, 6.45) is 11.7. The SMILES string of the molecule is CC(CNC(=O)CCOCC(C)(C)Cn1cc(CC(C)(C)CCC(C)(C)C)nn1)C(C)COCCNC(=O)CCOCCOCCOCCOCCNCCOCCOCCOCCOCCC(=O)NCC(C)(C)COCC(C)(C)CNC(=O)CC(C)(C)COCC(C)(C)Cn1cc(CC(C)(C)CCC(C)(C)C)nn1. The van der Waals surface area contributed by atoms with Gasteiger partial charge in [-0.2, -0.15) is 0 Å². The minimum absolute atomic E-state index is 0.0183. The van der Waals surface area contributed by atoms with Crippen LogP contribution in [0.2, 0.25) is 0 Å². The van der Waals surface area contributed by atoms with E-state index in [2.05, 4.69) is 212 Å². The van der Waals surface area contributed by atoms with E-state index in [1.807, 2.05) is 9.36 Å². The van der Waals surface area contributed by atoms with Crippen LogP contribution in [-0.4, -0.2) is 251 Å². The molecule has 0 aliphatic carbocycles. The van der Waals surface area contributed by atoms with Gasteiger partial charge in [0.1, 0.15) is 0 Å². The number of ether oxygens (including phenoxy) is 12. The number of nitrogens with one attached hydrogen (secondary N) is 5. The lowest BCUT2D eigenvalue weighted by Gasteiger charge is -2.31. The van der Waals surface area contributed by atoms with Crippen LogP contribution >= 0.6 is 0 Å². The predicted octanol–water partition coefficient (Wildman–Crippen LogP) is 10.6. The summed E-state index contributed by atoms with van der Waals surface area (Å²) in [6.45, 7) is 63.4.